The molecule has 29 heavy (non-hydrogen) atoms. The van der Waals surface area contributed by atoms with Gasteiger partial charge in [0.1, 0.15) is 5.75 Å². The second-order valence-corrected chi connectivity index (χ2v) is 8.38. The molecule has 1 aromatic carbocycles. The predicted octanol–water partition coefficient (Wildman–Crippen LogP) is 2.71. The van der Waals surface area contributed by atoms with Gasteiger partial charge in [0, 0.05) is 36.6 Å². The second kappa shape index (κ2) is 7.64. The lowest BCUT2D eigenvalue weighted by atomic mass is 10.2. The van der Waals surface area contributed by atoms with Gasteiger partial charge in [-0.05, 0) is 37.1 Å². The van der Waals surface area contributed by atoms with Crippen LogP contribution in [0, 0.1) is 0 Å². The van der Waals surface area contributed by atoms with Crippen molar-refractivity contribution in [1.82, 2.24) is 24.8 Å². The zero-order valence-electron chi connectivity index (χ0n) is 16.3. The monoisotopic (exact) mass is 413 g/mol. The maximum Gasteiger partial charge on any atom is 0.317 e. The highest BCUT2D eigenvalue weighted by Gasteiger charge is 2.27. The highest BCUT2D eigenvalue weighted by molar-refractivity contribution is 7.17. The van der Waals surface area contributed by atoms with E-state index >= 15 is 0 Å². The molecule has 9 heteroatoms. The van der Waals surface area contributed by atoms with Crippen LogP contribution in [0.4, 0.5) is 4.79 Å². The van der Waals surface area contributed by atoms with Gasteiger partial charge in [-0.1, -0.05) is 11.3 Å². The van der Waals surface area contributed by atoms with Crippen LogP contribution in [0.2, 0.25) is 0 Å². The third kappa shape index (κ3) is 3.56. The molecule has 0 bridgehead atoms. The van der Waals surface area contributed by atoms with Crippen molar-refractivity contribution in [3.05, 3.63) is 34.8 Å². The number of methoxy groups -OCH3 is 1. The van der Waals surface area contributed by atoms with E-state index in [4.69, 9.17) is 19.6 Å². The number of fused-ring (bicyclic) bond motifs is 3. The molecule has 1 N–H and O–H groups in total. The Hall–Kier alpha value is -2.65. The Labute approximate surface area is 172 Å². The first-order valence-corrected chi connectivity index (χ1v) is 10.7. The van der Waals surface area contributed by atoms with Gasteiger partial charge in [-0.15, -0.1) is 5.10 Å². The summed E-state index contributed by atoms with van der Waals surface area (Å²) in [6.45, 7) is 2.66. The quantitative estimate of drug-likeness (QED) is 0.711. The molecule has 0 aliphatic carbocycles. The molecule has 2 aromatic heterocycles. The van der Waals surface area contributed by atoms with Crippen LogP contribution in [0.3, 0.4) is 0 Å². The summed E-state index contributed by atoms with van der Waals surface area (Å²) in [6.07, 6.45) is 3.03. The number of nitrogens with one attached hydrogen (secondary N) is 1. The molecule has 8 nitrogen and oxygen atoms in total. The van der Waals surface area contributed by atoms with Crippen LogP contribution in [0.5, 0.6) is 5.75 Å². The van der Waals surface area contributed by atoms with Crippen molar-refractivity contribution in [2.24, 2.45) is 0 Å². The third-order valence-corrected chi connectivity index (χ3v) is 6.52. The van der Waals surface area contributed by atoms with E-state index in [0.717, 1.165) is 52.7 Å². The van der Waals surface area contributed by atoms with Crippen molar-refractivity contribution in [1.29, 1.82) is 0 Å². The van der Waals surface area contributed by atoms with Crippen molar-refractivity contribution in [2.75, 3.05) is 26.8 Å². The van der Waals surface area contributed by atoms with E-state index in [-0.39, 0.29) is 12.1 Å². The molecule has 1 unspecified atom stereocenters. The van der Waals surface area contributed by atoms with Crippen molar-refractivity contribution in [3.63, 3.8) is 0 Å². The Morgan fingerprint density at radius 3 is 3.00 bits per heavy atom. The predicted molar refractivity (Wildman–Crippen MR) is 109 cm³/mol. The van der Waals surface area contributed by atoms with Crippen molar-refractivity contribution >= 4 is 22.3 Å². The standard InChI is InChI=1S/C20H23N5O3S/c1-27-14-6-4-13(5-7-14)18-22-20-25(23-18)16-8-9-24(12-17(16)29-20)19(26)21-11-15-3-2-10-28-15/h4-7,15H,2-3,8-12H2,1H3,(H,21,26). The molecule has 2 aliphatic heterocycles. The minimum absolute atomic E-state index is 0.0240. The molecule has 2 amide bonds. The second-order valence-electron chi connectivity index (χ2n) is 7.32. The maximum absolute atomic E-state index is 12.5. The maximum atomic E-state index is 12.5. The Balaban J connectivity index is 1.29. The van der Waals surface area contributed by atoms with E-state index in [0.29, 0.717) is 25.5 Å². The molecule has 0 saturated carbocycles. The van der Waals surface area contributed by atoms with Crippen LogP contribution in [-0.4, -0.2) is 58.4 Å². The largest absolute Gasteiger partial charge is 0.497 e. The number of hydrogen-bond donors (Lipinski definition) is 1. The van der Waals surface area contributed by atoms with Gasteiger partial charge in [0.15, 0.2) is 5.82 Å². The van der Waals surface area contributed by atoms with Crippen LogP contribution >= 0.6 is 11.3 Å². The summed E-state index contributed by atoms with van der Waals surface area (Å²) in [5, 5.41) is 7.72. The first-order valence-electron chi connectivity index (χ1n) is 9.87. The Kier molecular flexibility index (Phi) is 4.84. The fourth-order valence-electron chi connectivity index (χ4n) is 3.84. The van der Waals surface area contributed by atoms with Crippen LogP contribution in [0.15, 0.2) is 24.3 Å². The number of carbonyl (C=O) groups is 1. The van der Waals surface area contributed by atoms with Crippen LogP contribution in [0.25, 0.3) is 16.3 Å². The minimum Gasteiger partial charge on any atom is -0.497 e. The average Bonchev–Trinajstić information content (AvgIpc) is 3.48. The Morgan fingerprint density at radius 2 is 2.24 bits per heavy atom. The highest BCUT2D eigenvalue weighted by atomic mass is 32.1. The van der Waals surface area contributed by atoms with Crippen molar-refractivity contribution in [2.45, 2.75) is 31.9 Å². The highest BCUT2D eigenvalue weighted by Crippen LogP contribution is 2.30. The van der Waals surface area contributed by atoms with Gasteiger partial charge < -0.3 is 19.7 Å². The molecule has 3 aromatic rings. The first kappa shape index (κ1) is 18.4. The number of aromatic nitrogens is 3. The number of thiazole rings is 1. The number of hydrogen-bond acceptors (Lipinski definition) is 6. The van der Waals surface area contributed by atoms with E-state index in [1.165, 1.54) is 0 Å². The molecular formula is C20H23N5O3S. The molecule has 1 atom stereocenters. The van der Waals surface area contributed by atoms with Gasteiger partial charge in [0.2, 0.25) is 4.96 Å². The van der Waals surface area contributed by atoms with E-state index in [9.17, 15) is 4.79 Å². The summed E-state index contributed by atoms with van der Waals surface area (Å²) < 4.78 is 12.7. The summed E-state index contributed by atoms with van der Waals surface area (Å²) in [7, 11) is 1.65. The molecule has 2 aliphatic rings. The molecule has 0 spiro atoms. The Morgan fingerprint density at radius 1 is 1.38 bits per heavy atom. The summed E-state index contributed by atoms with van der Waals surface area (Å²) in [6, 6.07) is 7.72. The minimum atomic E-state index is -0.0240. The summed E-state index contributed by atoms with van der Waals surface area (Å²) in [4.78, 5) is 21.1. The van der Waals surface area contributed by atoms with Crippen molar-refractivity contribution in [3.8, 4) is 17.1 Å². The van der Waals surface area contributed by atoms with Gasteiger partial charge in [0.25, 0.3) is 0 Å². The number of ether oxygens (including phenoxy) is 2. The first-order chi connectivity index (χ1) is 14.2. The molecular weight excluding hydrogens is 390 g/mol. The van der Waals surface area contributed by atoms with Crippen LogP contribution in [0.1, 0.15) is 23.4 Å². The van der Waals surface area contributed by atoms with E-state index < -0.39 is 0 Å². The molecule has 152 valence electrons. The van der Waals surface area contributed by atoms with E-state index in [2.05, 4.69) is 5.32 Å². The lowest BCUT2D eigenvalue weighted by molar-refractivity contribution is 0.108. The number of nitrogens with zero attached hydrogens (tertiary/aromatic N) is 4. The molecule has 4 heterocycles. The van der Waals surface area contributed by atoms with E-state index in [1.54, 1.807) is 18.4 Å². The lowest BCUT2D eigenvalue weighted by Gasteiger charge is -2.27. The number of rotatable bonds is 4. The smallest absolute Gasteiger partial charge is 0.317 e. The zero-order chi connectivity index (χ0) is 19.8. The van der Waals surface area contributed by atoms with Gasteiger partial charge in [-0.2, -0.15) is 4.98 Å². The number of benzene rings is 1. The molecule has 5 rings (SSSR count). The fraction of sp³-hybridized carbons (Fsp3) is 0.450. The zero-order valence-corrected chi connectivity index (χ0v) is 17.1. The number of amides is 2. The Bertz CT molecular complexity index is 1020. The van der Waals surface area contributed by atoms with E-state index in [1.807, 2.05) is 33.7 Å². The number of carbonyl (C=O) groups excluding carboxylic acids is 1. The summed E-state index contributed by atoms with van der Waals surface area (Å²) in [5.74, 6) is 1.52. The summed E-state index contributed by atoms with van der Waals surface area (Å²) >= 11 is 1.61. The molecule has 1 saturated heterocycles. The molecule has 0 radical (unpaired) electrons. The molecule has 1 fully saturated rings. The fourth-order valence-corrected chi connectivity index (χ4v) is 4.96. The van der Waals surface area contributed by atoms with Gasteiger partial charge >= 0.3 is 6.03 Å². The lowest BCUT2D eigenvalue weighted by Crippen LogP contribution is -2.44. The average molecular weight is 414 g/mol. The van der Waals surface area contributed by atoms with Gasteiger partial charge in [0.05, 0.1) is 25.5 Å². The van der Waals surface area contributed by atoms with Crippen molar-refractivity contribution < 1.29 is 14.3 Å². The normalized spacial score (nSPS) is 18.8. The third-order valence-electron chi connectivity index (χ3n) is 5.46. The topological polar surface area (TPSA) is 81.0 Å². The van der Waals surface area contributed by atoms with Gasteiger partial charge in [-0.3, -0.25) is 0 Å². The van der Waals surface area contributed by atoms with Crippen LogP contribution < -0.4 is 10.1 Å². The SMILES string of the molecule is COc1ccc(-c2nc3sc4c(n3n2)CCN(C(=O)NCC2CCCO2)C4)cc1. The summed E-state index contributed by atoms with van der Waals surface area (Å²) in [5.41, 5.74) is 2.11. The van der Waals surface area contributed by atoms with Crippen LogP contribution in [-0.2, 0) is 17.7 Å². The number of urea groups is 1. The van der Waals surface area contributed by atoms with Gasteiger partial charge in [-0.25, -0.2) is 9.31 Å².